The van der Waals surface area contributed by atoms with Gasteiger partial charge in [-0.1, -0.05) is 6.07 Å². The number of rotatable bonds is 2. The van der Waals surface area contributed by atoms with Crippen molar-refractivity contribution >= 4 is 0 Å². The van der Waals surface area contributed by atoms with E-state index in [9.17, 15) is 5.11 Å². The Morgan fingerprint density at radius 1 is 1.19 bits per heavy atom. The van der Waals surface area contributed by atoms with E-state index in [0.717, 1.165) is 53.6 Å². The molecule has 2 atom stereocenters. The van der Waals surface area contributed by atoms with Gasteiger partial charge in [0, 0.05) is 24.0 Å². The minimum atomic E-state index is -0.656. The van der Waals surface area contributed by atoms with Crippen LogP contribution in [0.4, 0.5) is 0 Å². The van der Waals surface area contributed by atoms with E-state index in [1.165, 1.54) is 16.0 Å². The molecule has 0 spiro atoms. The zero-order valence-electron chi connectivity index (χ0n) is 14.9. The van der Waals surface area contributed by atoms with Crippen LogP contribution in [0, 0.1) is 0 Å². The molecule has 0 radical (unpaired) electrons. The zero-order valence-corrected chi connectivity index (χ0v) is 14.9. The van der Waals surface area contributed by atoms with Crippen molar-refractivity contribution in [3.8, 4) is 11.5 Å². The number of fused-ring (bicyclic) bond motifs is 3. The summed E-state index contributed by atoms with van der Waals surface area (Å²) in [5.41, 5.74) is 5.45. The van der Waals surface area contributed by atoms with Crippen LogP contribution >= 0.6 is 0 Å². The summed E-state index contributed by atoms with van der Waals surface area (Å²) in [6.07, 6.45) is 3.08. The van der Waals surface area contributed by atoms with Crippen LogP contribution in [-0.2, 0) is 16.0 Å². The lowest BCUT2D eigenvalue weighted by Gasteiger charge is -2.38. The zero-order chi connectivity index (χ0) is 17.8. The highest BCUT2D eigenvalue weighted by molar-refractivity contribution is 5.55. The molecule has 136 valence electrons. The van der Waals surface area contributed by atoms with Gasteiger partial charge in [0.05, 0.1) is 26.3 Å². The molecule has 5 rings (SSSR count). The number of allylic oxidation sites excluding steroid dienone is 2. The predicted molar refractivity (Wildman–Crippen MR) is 92.4 cm³/mol. The summed E-state index contributed by atoms with van der Waals surface area (Å²) < 4.78 is 22.2. The molecule has 0 aromatic heterocycles. The van der Waals surface area contributed by atoms with E-state index in [0.29, 0.717) is 12.2 Å². The first-order valence-corrected chi connectivity index (χ1v) is 8.91. The first kappa shape index (κ1) is 15.8. The topological polar surface area (TPSA) is 61.6 Å². The Bertz CT molecular complexity index is 882. The molecule has 0 amide bonds. The fourth-order valence-corrected chi connectivity index (χ4v) is 4.58. The molecule has 0 saturated heterocycles. The van der Waals surface area contributed by atoms with Crippen LogP contribution in [0.2, 0.25) is 0 Å². The number of ether oxygens (including phenoxy) is 4. The minimum absolute atomic E-state index is 0.288. The summed E-state index contributed by atoms with van der Waals surface area (Å²) in [5, 5.41) is 11.2. The van der Waals surface area contributed by atoms with Crippen molar-refractivity contribution < 1.29 is 29.0 Å². The summed E-state index contributed by atoms with van der Waals surface area (Å²) in [7, 11) is 3.29. The van der Waals surface area contributed by atoms with Crippen LogP contribution in [0.1, 0.15) is 30.1 Å². The van der Waals surface area contributed by atoms with E-state index in [1.807, 2.05) is 12.1 Å². The second-order valence-electron chi connectivity index (χ2n) is 6.98. The predicted octanol–water partition coefficient (Wildman–Crippen LogP) is 1.34. The van der Waals surface area contributed by atoms with E-state index in [4.69, 9.17) is 18.9 Å². The molecule has 6 heteroatoms. The number of hydrogen-bond donors (Lipinski definition) is 2. The van der Waals surface area contributed by atoms with Gasteiger partial charge in [-0.25, -0.2) is 0 Å². The van der Waals surface area contributed by atoms with E-state index in [1.54, 1.807) is 14.2 Å². The summed E-state index contributed by atoms with van der Waals surface area (Å²) in [6.45, 7) is 2.00. The number of quaternary nitrogens is 1. The van der Waals surface area contributed by atoms with Gasteiger partial charge in [-0.2, -0.15) is 0 Å². The van der Waals surface area contributed by atoms with Crippen LogP contribution in [0.25, 0.3) is 0 Å². The highest BCUT2D eigenvalue weighted by Crippen LogP contribution is 2.43. The van der Waals surface area contributed by atoms with Crippen molar-refractivity contribution in [1.29, 1.82) is 0 Å². The van der Waals surface area contributed by atoms with Crippen LogP contribution in [0.15, 0.2) is 46.6 Å². The Labute approximate surface area is 151 Å². The van der Waals surface area contributed by atoms with Gasteiger partial charge in [0.25, 0.3) is 0 Å². The number of aliphatic hydroxyl groups excluding tert-OH is 1. The van der Waals surface area contributed by atoms with Gasteiger partial charge >= 0.3 is 0 Å². The molecule has 1 aromatic carbocycles. The summed E-state index contributed by atoms with van der Waals surface area (Å²) in [4.78, 5) is 1.28. The molecule has 6 nitrogen and oxygen atoms in total. The molecular weight excluding hydrogens is 334 g/mol. The molecule has 1 aromatic rings. The van der Waals surface area contributed by atoms with Crippen LogP contribution in [0.5, 0.6) is 11.5 Å². The van der Waals surface area contributed by atoms with Crippen molar-refractivity contribution in [3.63, 3.8) is 0 Å². The smallest absolute Gasteiger partial charge is 0.230 e. The largest absolute Gasteiger partial charge is 0.493 e. The van der Waals surface area contributed by atoms with Gasteiger partial charge in [0.1, 0.15) is 18.0 Å². The number of nitrogens with one attached hydrogen (secondary N) is 1. The summed E-state index contributed by atoms with van der Waals surface area (Å²) >= 11 is 0. The maximum Gasteiger partial charge on any atom is 0.230 e. The maximum atomic E-state index is 11.2. The molecule has 26 heavy (non-hydrogen) atoms. The Kier molecular flexibility index (Phi) is 3.52. The third-order valence-corrected chi connectivity index (χ3v) is 5.80. The molecule has 0 bridgehead atoms. The van der Waals surface area contributed by atoms with Gasteiger partial charge in [-0.15, -0.1) is 0 Å². The lowest BCUT2D eigenvalue weighted by Crippen LogP contribution is -3.11. The summed E-state index contributed by atoms with van der Waals surface area (Å²) in [6, 6.07) is 3.82. The Balaban J connectivity index is 1.63. The number of methoxy groups -OCH3 is 2. The molecule has 2 N–H and O–H groups in total. The van der Waals surface area contributed by atoms with Gasteiger partial charge in [-0.05, 0) is 17.7 Å². The van der Waals surface area contributed by atoms with Gasteiger partial charge < -0.3 is 24.1 Å². The van der Waals surface area contributed by atoms with Crippen molar-refractivity contribution in [2.24, 2.45) is 0 Å². The van der Waals surface area contributed by atoms with E-state index >= 15 is 0 Å². The standard InChI is InChI=1S/C20H21NO5/c1-23-15-4-3-12-14(20(15)24-2)9-21-6-5-11-7-16-17(26-10-25-16)8-13(11)18(21)19(12)22/h3-4,7,19,22H,5-6,8-10H2,1-2H3/p+1/t19-/m0/s1. The fourth-order valence-electron chi connectivity index (χ4n) is 4.58. The lowest BCUT2D eigenvalue weighted by atomic mass is 9.82. The van der Waals surface area contributed by atoms with Crippen molar-refractivity contribution in [1.82, 2.24) is 0 Å². The van der Waals surface area contributed by atoms with Gasteiger partial charge in [0.15, 0.2) is 23.4 Å². The second kappa shape index (κ2) is 5.79. The Morgan fingerprint density at radius 2 is 2.08 bits per heavy atom. The minimum Gasteiger partial charge on any atom is -0.493 e. The van der Waals surface area contributed by atoms with E-state index in [2.05, 4.69) is 6.08 Å². The third kappa shape index (κ3) is 2.12. The SMILES string of the molecule is COc1ccc2c(c1OC)C[NH+]1CCC3=CC4=C(CC3=C1[C@H]2O)OCO4. The monoisotopic (exact) mass is 356 g/mol. The maximum absolute atomic E-state index is 11.2. The van der Waals surface area contributed by atoms with Crippen molar-refractivity contribution in [3.05, 3.63) is 57.7 Å². The normalized spacial score (nSPS) is 26.0. The Hall–Kier alpha value is -2.44. The highest BCUT2D eigenvalue weighted by Gasteiger charge is 2.42. The summed E-state index contributed by atoms with van der Waals surface area (Å²) in [5.74, 6) is 3.16. The van der Waals surface area contributed by atoms with Crippen LogP contribution in [0.3, 0.4) is 0 Å². The molecule has 4 aliphatic rings. The van der Waals surface area contributed by atoms with Crippen molar-refractivity contribution in [2.75, 3.05) is 27.6 Å². The molecule has 3 aliphatic heterocycles. The van der Waals surface area contributed by atoms with E-state index < -0.39 is 6.10 Å². The van der Waals surface area contributed by atoms with Crippen LogP contribution < -0.4 is 14.4 Å². The quantitative estimate of drug-likeness (QED) is 0.837. The fraction of sp³-hybridized carbons (Fsp3) is 0.400. The van der Waals surface area contributed by atoms with Gasteiger partial charge in [-0.3, -0.25) is 4.90 Å². The Morgan fingerprint density at radius 3 is 2.88 bits per heavy atom. The number of benzene rings is 1. The first-order chi connectivity index (χ1) is 12.7. The number of aliphatic hydroxyl groups is 1. The van der Waals surface area contributed by atoms with Gasteiger partial charge in [0.2, 0.25) is 6.79 Å². The molecule has 1 aliphatic carbocycles. The second-order valence-corrected chi connectivity index (χ2v) is 6.98. The molecule has 1 unspecified atom stereocenters. The molecule has 0 saturated carbocycles. The van der Waals surface area contributed by atoms with E-state index in [-0.39, 0.29) is 6.79 Å². The lowest BCUT2D eigenvalue weighted by molar-refractivity contribution is -0.883. The molecular formula is C20H22NO5+. The average Bonchev–Trinajstić information content (AvgIpc) is 3.12. The number of hydrogen-bond acceptors (Lipinski definition) is 5. The third-order valence-electron chi connectivity index (χ3n) is 5.80. The molecule has 0 fully saturated rings. The average molecular weight is 356 g/mol. The van der Waals surface area contributed by atoms with Crippen molar-refractivity contribution in [2.45, 2.75) is 25.5 Å². The first-order valence-electron chi connectivity index (χ1n) is 8.91. The molecule has 3 heterocycles. The highest BCUT2D eigenvalue weighted by atomic mass is 16.7. The van der Waals surface area contributed by atoms with Crippen LogP contribution in [-0.4, -0.2) is 32.7 Å².